The van der Waals surface area contributed by atoms with Crippen molar-refractivity contribution in [2.45, 2.75) is 211 Å². The van der Waals surface area contributed by atoms with Gasteiger partial charge in [0, 0.05) is 6.42 Å². The van der Waals surface area contributed by atoms with Crippen molar-refractivity contribution in [1.82, 2.24) is 5.32 Å². The zero-order valence-corrected chi connectivity index (χ0v) is 37.0. The minimum atomic E-state index is -1.58. The Balaban J connectivity index is 2.38. The molecule has 0 saturated carbocycles. The van der Waals surface area contributed by atoms with Crippen LogP contribution in [0.15, 0.2) is 85.1 Å². The van der Waals surface area contributed by atoms with Crippen LogP contribution in [0.2, 0.25) is 0 Å². The highest BCUT2D eigenvalue weighted by Gasteiger charge is 2.44. The first kappa shape index (κ1) is 54.4. The summed E-state index contributed by atoms with van der Waals surface area (Å²) in [5.41, 5.74) is 0. The quantitative estimate of drug-likeness (QED) is 0.0268. The van der Waals surface area contributed by atoms with E-state index in [2.05, 4.69) is 92.1 Å². The molecule has 0 spiro atoms. The molecule has 0 aromatic carbocycles. The van der Waals surface area contributed by atoms with E-state index in [1.165, 1.54) is 57.8 Å². The molecule has 0 radical (unpaired) electrons. The number of rotatable bonds is 37. The van der Waals surface area contributed by atoms with Crippen molar-refractivity contribution in [1.29, 1.82) is 0 Å². The van der Waals surface area contributed by atoms with E-state index >= 15 is 0 Å². The molecule has 0 aliphatic carbocycles. The van der Waals surface area contributed by atoms with Crippen molar-refractivity contribution in [2.24, 2.45) is 0 Å². The van der Waals surface area contributed by atoms with Gasteiger partial charge < -0.3 is 40.3 Å². The number of hydrogen-bond acceptors (Lipinski definition) is 8. The molecule has 0 aromatic heterocycles. The summed E-state index contributed by atoms with van der Waals surface area (Å²) < 4.78 is 11.2. The third-order valence-electron chi connectivity index (χ3n) is 10.4. The molecule has 1 amide bonds. The van der Waals surface area contributed by atoms with Crippen molar-refractivity contribution >= 4 is 5.91 Å². The molecule has 1 saturated heterocycles. The van der Waals surface area contributed by atoms with E-state index in [0.717, 1.165) is 89.9 Å². The predicted octanol–water partition coefficient (Wildman–Crippen LogP) is 9.94. The molecule has 1 aliphatic rings. The van der Waals surface area contributed by atoms with E-state index in [9.17, 15) is 30.3 Å². The van der Waals surface area contributed by atoms with Gasteiger partial charge >= 0.3 is 0 Å². The normalized spacial score (nSPS) is 21.5. The van der Waals surface area contributed by atoms with Crippen molar-refractivity contribution in [3.63, 3.8) is 0 Å². The maximum absolute atomic E-state index is 13.0. The molecule has 7 atom stereocenters. The number of unbranched alkanes of at least 4 members (excludes halogenated alkanes) is 15. The van der Waals surface area contributed by atoms with Crippen LogP contribution >= 0.6 is 0 Å². The van der Waals surface area contributed by atoms with Gasteiger partial charge in [-0.25, -0.2) is 0 Å². The number of aliphatic hydroxyl groups excluding tert-OH is 5. The number of nitrogens with one attached hydrogen (secondary N) is 1. The number of aliphatic hydroxyl groups is 5. The Morgan fingerprint density at radius 3 is 1.63 bits per heavy atom. The van der Waals surface area contributed by atoms with Crippen LogP contribution < -0.4 is 5.32 Å². The van der Waals surface area contributed by atoms with Gasteiger partial charge in [0.15, 0.2) is 6.29 Å². The number of carbonyl (C=O) groups excluding carboxylic acids is 1. The Labute approximate surface area is 359 Å². The van der Waals surface area contributed by atoms with Gasteiger partial charge in [0.1, 0.15) is 24.4 Å². The van der Waals surface area contributed by atoms with Gasteiger partial charge in [-0.1, -0.05) is 163 Å². The fourth-order valence-corrected chi connectivity index (χ4v) is 6.71. The van der Waals surface area contributed by atoms with Crippen molar-refractivity contribution in [3.8, 4) is 0 Å². The fourth-order valence-electron chi connectivity index (χ4n) is 6.71. The molecule has 1 fully saturated rings. The molecule has 1 heterocycles. The maximum Gasteiger partial charge on any atom is 0.220 e. The Hall–Kier alpha value is -2.63. The number of amides is 1. The average molecular weight is 828 g/mol. The van der Waals surface area contributed by atoms with Crippen molar-refractivity contribution in [2.75, 3.05) is 13.2 Å². The van der Waals surface area contributed by atoms with Crippen molar-refractivity contribution in [3.05, 3.63) is 85.1 Å². The van der Waals surface area contributed by atoms with E-state index < -0.39 is 49.5 Å². The number of ether oxygens (including phenoxy) is 2. The average Bonchev–Trinajstić information content (AvgIpc) is 3.23. The third-order valence-corrected chi connectivity index (χ3v) is 10.4. The maximum atomic E-state index is 13.0. The monoisotopic (exact) mass is 828 g/mol. The van der Waals surface area contributed by atoms with Gasteiger partial charge in [0.25, 0.3) is 0 Å². The van der Waals surface area contributed by atoms with Gasteiger partial charge in [0.05, 0.1) is 25.4 Å². The van der Waals surface area contributed by atoms with E-state index in [-0.39, 0.29) is 12.5 Å². The van der Waals surface area contributed by atoms with Crippen LogP contribution in [-0.4, -0.2) is 87.5 Å². The van der Waals surface area contributed by atoms with Crippen molar-refractivity contribution < 1.29 is 39.8 Å². The lowest BCUT2D eigenvalue weighted by Crippen LogP contribution is -2.60. The zero-order chi connectivity index (χ0) is 43.0. The summed E-state index contributed by atoms with van der Waals surface area (Å²) in [6.45, 7) is 3.60. The first-order valence-corrected chi connectivity index (χ1v) is 23.3. The predicted molar refractivity (Wildman–Crippen MR) is 244 cm³/mol. The summed E-state index contributed by atoms with van der Waals surface area (Å²) in [7, 11) is 0. The Bertz CT molecular complexity index is 1190. The summed E-state index contributed by atoms with van der Waals surface area (Å²) in [6, 6.07) is -0.836. The second-order valence-corrected chi connectivity index (χ2v) is 15.8. The second-order valence-electron chi connectivity index (χ2n) is 15.8. The summed E-state index contributed by atoms with van der Waals surface area (Å²) in [5.74, 6) is -0.204. The highest BCUT2D eigenvalue weighted by Crippen LogP contribution is 2.22. The molecular weight excluding hydrogens is 743 g/mol. The molecular formula is C50H85NO8. The number of allylic oxidation sites excluding steroid dienone is 13. The summed E-state index contributed by atoms with van der Waals surface area (Å²) in [4.78, 5) is 13.0. The highest BCUT2D eigenvalue weighted by molar-refractivity contribution is 5.76. The summed E-state index contributed by atoms with van der Waals surface area (Å²) in [6.07, 6.45) is 47.6. The second kappa shape index (κ2) is 39.5. The molecule has 6 N–H and O–H groups in total. The Morgan fingerprint density at radius 2 is 1.07 bits per heavy atom. The molecule has 0 bridgehead atoms. The van der Waals surface area contributed by atoms with Gasteiger partial charge in [-0.2, -0.15) is 0 Å². The molecule has 338 valence electrons. The first-order chi connectivity index (χ1) is 28.8. The van der Waals surface area contributed by atoms with Crippen LogP contribution in [0, 0.1) is 0 Å². The molecule has 9 nitrogen and oxygen atoms in total. The molecule has 1 aliphatic heterocycles. The standard InChI is InChI=1S/C50H85NO8/c1-3-5-7-9-11-13-15-17-19-20-21-22-23-24-26-28-30-32-34-36-38-40-46(54)51-43(42-58-50-49(57)48(56)47(55)45(41-52)59-50)44(53)39-37-35-33-31-29-27-25-18-16-14-12-10-8-6-4-2/h5,7,11,13,16-19,21-22,29,31,37,39,43-45,47-50,52-53,55-57H,3-4,6,8-10,12,14-15,20,23-28,30,32-36,38,40-42H2,1-2H3,(H,51,54)/b7-5-,13-11-,18-16+,19-17-,22-21-,31-29+,39-37+. The zero-order valence-electron chi connectivity index (χ0n) is 37.0. The molecule has 0 aromatic rings. The Kier molecular flexibility index (Phi) is 36.4. The number of hydrogen-bond donors (Lipinski definition) is 6. The van der Waals surface area contributed by atoms with E-state index in [1.54, 1.807) is 6.08 Å². The Morgan fingerprint density at radius 1 is 0.593 bits per heavy atom. The van der Waals surface area contributed by atoms with Gasteiger partial charge in [-0.05, 0) is 83.5 Å². The van der Waals surface area contributed by atoms with Crippen LogP contribution in [0.4, 0.5) is 0 Å². The molecule has 9 heteroatoms. The van der Waals surface area contributed by atoms with Crippen LogP contribution in [0.3, 0.4) is 0 Å². The molecule has 7 unspecified atom stereocenters. The minimum Gasteiger partial charge on any atom is -0.394 e. The van der Waals surface area contributed by atoms with Crippen LogP contribution in [0.1, 0.15) is 168 Å². The number of carbonyl (C=O) groups is 1. The first-order valence-electron chi connectivity index (χ1n) is 23.3. The molecule has 59 heavy (non-hydrogen) atoms. The topological polar surface area (TPSA) is 149 Å². The minimum absolute atomic E-state index is 0.204. The van der Waals surface area contributed by atoms with E-state index in [4.69, 9.17) is 9.47 Å². The smallest absolute Gasteiger partial charge is 0.220 e. The third kappa shape index (κ3) is 30.1. The van der Waals surface area contributed by atoms with Crippen LogP contribution in [0.5, 0.6) is 0 Å². The largest absolute Gasteiger partial charge is 0.394 e. The van der Waals surface area contributed by atoms with E-state index in [0.29, 0.717) is 6.42 Å². The van der Waals surface area contributed by atoms with E-state index in [1.807, 2.05) is 6.08 Å². The lowest BCUT2D eigenvalue weighted by molar-refractivity contribution is -0.302. The lowest BCUT2D eigenvalue weighted by atomic mass is 9.99. The fraction of sp³-hybridized carbons (Fsp3) is 0.700. The van der Waals surface area contributed by atoms with Crippen LogP contribution in [0.25, 0.3) is 0 Å². The van der Waals surface area contributed by atoms with Crippen LogP contribution in [-0.2, 0) is 14.3 Å². The van der Waals surface area contributed by atoms with Gasteiger partial charge in [0.2, 0.25) is 5.91 Å². The summed E-state index contributed by atoms with van der Waals surface area (Å²) >= 11 is 0. The van der Waals surface area contributed by atoms with Gasteiger partial charge in [-0.15, -0.1) is 0 Å². The SMILES string of the molecule is CC/C=C\C/C=C\C/C=C\C/C=C\CCCCCCCCCCC(=O)NC(COC1OC(CO)C(O)C(O)C1O)C(O)/C=C/CC/C=C/CC/C=C/CCCCCCC. The summed E-state index contributed by atoms with van der Waals surface area (Å²) in [5, 5.41) is 54.2. The highest BCUT2D eigenvalue weighted by atomic mass is 16.7. The lowest BCUT2D eigenvalue weighted by Gasteiger charge is -2.40. The molecule has 1 rings (SSSR count). The van der Waals surface area contributed by atoms with Gasteiger partial charge in [-0.3, -0.25) is 4.79 Å².